The van der Waals surface area contributed by atoms with Gasteiger partial charge in [-0.3, -0.25) is 4.99 Å². The van der Waals surface area contributed by atoms with Gasteiger partial charge in [-0.2, -0.15) is 0 Å². The summed E-state index contributed by atoms with van der Waals surface area (Å²) < 4.78 is 5.88. The van der Waals surface area contributed by atoms with Gasteiger partial charge < -0.3 is 10.1 Å². The van der Waals surface area contributed by atoms with Gasteiger partial charge in [0.15, 0.2) is 0 Å². The fraction of sp³-hybridized carbons (Fsp3) is 0.182. The lowest BCUT2D eigenvalue weighted by atomic mass is 9.76. The fourth-order valence-corrected chi connectivity index (χ4v) is 5.79. The summed E-state index contributed by atoms with van der Waals surface area (Å²) in [5.74, 6) is 1.64. The molecule has 1 aliphatic heterocycles. The Balaban J connectivity index is 1.12. The average Bonchev–Trinajstić information content (AvgIpc) is 3.43. The van der Waals surface area contributed by atoms with Crippen LogP contribution in [0.25, 0.3) is 0 Å². The Hall–Kier alpha value is -3.53. The molecule has 0 fully saturated rings. The summed E-state index contributed by atoms with van der Waals surface area (Å²) in [7, 11) is 0. The van der Waals surface area contributed by atoms with Crippen molar-refractivity contribution in [1.29, 1.82) is 0 Å². The summed E-state index contributed by atoms with van der Waals surface area (Å²) in [6.45, 7) is 2.59. The summed E-state index contributed by atoms with van der Waals surface area (Å²) in [6, 6.07) is 28.9. The Labute approximate surface area is 233 Å². The van der Waals surface area contributed by atoms with Crippen LogP contribution in [-0.4, -0.2) is 6.21 Å². The van der Waals surface area contributed by atoms with Crippen molar-refractivity contribution in [2.24, 2.45) is 10.9 Å². The lowest BCUT2D eigenvalue weighted by molar-refractivity contribution is 0.306. The number of hydrogen-bond acceptors (Lipinski definition) is 3. The molecule has 0 unspecified atom stereocenters. The third-order valence-electron chi connectivity index (χ3n) is 7.40. The predicted molar refractivity (Wildman–Crippen MR) is 158 cm³/mol. The number of anilines is 1. The molecule has 0 saturated carbocycles. The van der Waals surface area contributed by atoms with Crippen molar-refractivity contribution >= 4 is 40.8 Å². The number of nitrogens with one attached hydrogen (secondary N) is 1. The smallest absolute Gasteiger partial charge is 0.138 e. The number of ether oxygens (including phenoxy) is 1. The molecule has 0 radical (unpaired) electrons. The van der Waals surface area contributed by atoms with E-state index in [9.17, 15) is 0 Å². The molecule has 3 nitrogen and oxygen atoms in total. The fourth-order valence-electron chi connectivity index (χ4n) is 5.42. The van der Waals surface area contributed by atoms with Gasteiger partial charge in [-0.05, 0) is 90.0 Å². The summed E-state index contributed by atoms with van der Waals surface area (Å²) in [5.41, 5.74) is 8.11. The maximum Gasteiger partial charge on any atom is 0.138 e. The quantitative estimate of drug-likeness (QED) is 0.196. The Morgan fingerprint density at radius 1 is 0.947 bits per heavy atom. The van der Waals surface area contributed by atoms with Crippen molar-refractivity contribution in [2.75, 3.05) is 5.32 Å². The van der Waals surface area contributed by atoms with E-state index in [0.717, 1.165) is 23.2 Å². The molecule has 2 aliphatic rings. The van der Waals surface area contributed by atoms with E-state index in [2.05, 4.69) is 71.8 Å². The highest BCUT2D eigenvalue weighted by Gasteiger charge is 2.37. The molecule has 1 heterocycles. The van der Waals surface area contributed by atoms with Gasteiger partial charge in [0.25, 0.3) is 0 Å². The highest BCUT2D eigenvalue weighted by molar-refractivity contribution is 6.32. The molecule has 3 atom stereocenters. The first kappa shape index (κ1) is 24.8. The molecule has 0 bridgehead atoms. The molecule has 6 rings (SSSR count). The van der Waals surface area contributed by atoms with Crippen LogP contribution in [-0.2, 0) is 6.61 Å². The van der Waals surface area contributed by atoms with Gasteiger partial charge in [0.05, 0.1) is 16.8 Å². The number of fused-ring (bicyclic) bond motifs is 3. The number of aryl methyl sites for hydroxylation is 1. The second kappa shape index (κ2) is 10.7. The van der Waals surface area contributed by atoms with Crippen molar-refractivity contribution in [1.82, 2.24) is 0 Å². The first-order chi connectivity index (χ1) is 18.5. The van der Waals surface area contributed by atoms with Crippen LogP contribution in [0, 0.1) is 12.8 Å². The molecule has 0 aromatic heterocycles. The van der Waals surface area contributed by atoms with E-state index >= 15 is 0 Å². The topological polar surface area (TPSA) is 33.6 Å². The van der Waals surface area contributed by atoms with Crippen LogP contribution in [0.4, 0.5) is 11.4 Å². The maximum atomic E-state index is 6.48. The Bertz CT molecular complexity index is 1510. The molecular formula is C33H28Cl2N2O. The van der Waals surface area contributed by atoms with Gasteiger partial charge in [0, 0.05) is 22.8 Å². The first-order valence-corrected chi connectivity index (χ1v) is 13.6. The standard InChI is InChI=1S/C33H28Cl2N2O/c1-21-5-15-31-29(17-21)27-3-2-4-28(27)33(37-31)24-9-13-26(14-10-24)36-19-23-8-16-32(30(35)18-23)38-20-22-6-11-25(34)12-7-22/h2-3,5-19,27-28,33,37H,4,20H2,1H3/t27-,28-,33+/m1/s1. The maximum absolute atomic E-state index is 6.48. The number of hydrogen-bond donors (Lipinski definition) is 1. The molecule has 0 saturated heterocycles. The lowest BCUT2D eigenvalue weighted by Crippen LogP contribution is -2.29. The van der Waals surface area contributed by atoms with Crippen LogP contribution in [0.2, 0.25) is 10.0 Å². The van der Waals surface area contributed by atoms with Crippen LogP contribution < -0.4 is 10.1 Å². The molecule has 4 aromatic carbocycles. The summed E-state index contributed by atoms with van der Waals surface area (Å²) in [4.78, 5) is 4.68. The van der Waals surface area contributed by atoms with Gasteiger partial charge in [0.1, 0.15) is 12.4 Å². The van der Waals surface area contributed by atoms with Crippen molar-refractivity contribution in [3.8, 4) is 5.75 Å². The zero-order valence-corrected chi connectivity index (χ0v) is 22.6. The summed E-state index contributed by atoms with van der Waals surface area (Å²) >= 11 is 12.4. The van der Waals surface area contributed by atoms with Gasteiger partial charge in [-0.1, -0.05) is 77.3 Å². The van der Waals surface area contributed by atoms with E-state index in [-0.39, 0.29) is 6.04 Å². The third-order valence-corrected chi connectivity index (χ3v) is 7.94. The molecule has 5 heteroatoms. The summed E-state index contributed by atoms with van der Waals surface area (Å²) in [5, 5.41) is 5.07. The van der Waals surface area contributed by atoms with E-state index in [4.69, 9.17) is 27.9 Å². The molecule has 190 valence electrons. The van der Waals surface area contributed by atoms with E-state index in [1.807, 2.05) is 48.7 Å². The Morgan fingerprint density at radius 3 is 2.55 bits per heavy atom. The second-order valence-corrected chi connectivity index (χ2v) is 10.9. The van der Waals surface area contributed by atoms with Crippen molar-refractivity contribution in [3.05, 3.63) is 135 Å². The third kappa shape index (κ3) is 5.22. The SMILES string of the molecule is Cc1ccc2c(c1)[C@@H]1C=CC[C@H]1[C@H](c1ccc(N=Cc3ccc(OCc4ccc(Cl)cc4)c(Cl)c3)cc1)N2. The molecule has 0 spiro atoms. The zero-order chi connectivity index (χ0) is 26.1. The van der Waals surface area contributed by atoms with Crippen molar-refractivity contribution < 1.29 is 4.74 Å². The number of halogens is 2. The van der Waals surface area contributed by atoms with E-state index in [1.165, 1.54) is 22.4 Å². The summed E-state index contributed by atoms with van der Waals surface area (Å²) in [6.07, 6.45) is 7.64. The van der Waals surface area contributed by atoms with E-state index in [0.29, 0.717) is 34.2 Å². The van der Waals surface area contributed by atoms with E-state index in [1.54, 1.807) is 0 Å². The minimum absolute atomic E-state index is 0.280. The van der Waals surface area contributed by atoms with Crippen molar-refractivity contribution in [2.45, 2.75) is 31.9 Å². The van der Waals surface area contributed by atoms with Gasteiger partial charge in [-0.15, -0.1) is 0 Å². The minimum Gasteiger partial charge on any atom is -0.487 e. The molecule has 1 aliphatic carbocycles. The molecular weight excluding hydrogens is 511 g/mol. The van der Waals surface area contributed by atoms with Gasteiger partial charge in [-0.25, -0.2) is 0 Å². The highest BCUT2D eigenvalue weighted by atomic mass is 35.5. The normalized spacial score (nSPS) is 19.7. The van der Waals surface area contributed by atoms with Crippen LogP contribution in [0.15, 0.2) is 102 Å². The highest BCUT2D eigenvalue weighted by Crippen LogP contribution is 2.50. The number of aliphatic imine (C=N–C) groups is 1. The lowest BCUT2D eigenvalue weighted by Gasteiger charge is -2.37. The van der Waals surface area contributed by atoms with E-state index < -0.39 is 0 Å². The van der Waals surface area contributed by atoms with Crippen LogP contribution >= 0.6 is 23.2 Å². The zero-order valence-electron chi connectivity index (χ0n) is 21.1. The number of nitrogens with zero attached hydrogens (tertiary/aromatic N) is 1. The monoisotopic (exact) mass is 538 g/mol. The predicted octanol–water partition coefficient (Wildman–Crippen LogP) is 9.46. The first-order valence-electron chi connectivity index (χ1n) is 12.9. The second-order valence-electron chi connectivity index (χ2n) is 10.0. The number of rotatable bonds is 6. The number of benzene rings is 4. The van der Waals surface area contributed by atoms with Crippen LogP contribution in [0.5, 0.6) is 5.75 Å². The Morgan fingerprint density at radius 2 is 1.76 bits per heavy atom. The molecule has 0 amide bonds. The molecule has 38 heavy (non-hydrogen) atoms. The Kier molecular flexibility index (Phi) is 6.97. The molecule has 1 N–H and O–H groups in total. The van der Waals surface area contributed by atoms with Gasteiger partial charge >= 0.3 is 0 Å². The van der Waals surface area contributed by atoms with Crippen LogP contribution in [0.3, 0.4) is 0 Å². The largest absolute Gasteiger partial charge is 0.487 e. The average molecular weight is 540 g/mol. The van der Waals surface area contributed by atoms with Crippen molar-refractivity contribution in [3.63, 3.8) is 0 Å². The number of allylic oxidation sites excluding steroid dienone is 2. The molecule has 4 aromatic rings. The minimum atomic E-state index is 0.280. The van der Waals surface area contributed by atoms with Crippen LogP contribution in [0.1, 0.15) is 46.2 Å². The van der Waals surface area contributed by atoms with Gasteiger partial charge in [0.2, 0.25) is 0 Å².